The van der Waals surface area contributed by atoms with Crippen LogP contribution < -0.4 is 5.32 Å². The molecule has 0 spiro atoms. The van der Waals surface area contributed by atoms with Crippen molar-refractivity contribution < 1.29 is 13.2 Å². The lowest BCUT2D eigenvalue weighted by Gasteiger charge is -2.22. The van der Waals surface area contributed by atoms with Crippen molar-refractivity contribution in [3.8, 4) is 0 Å². The van der Waals surface area contributed by atoms with Crippen LogP contribution in [0.5, 0.6) is 0 Å². The number of thiazole rings is 1. The van der Waals surface area contributed by atoms with Gasteiger partial charge in [0.1, 0.15) is 0 Å². The molecule has 5 nitrogen and oxygen atoms in total. The monoisotopic (exact) mass is 300 g/mol. The average Bonchev–Trinajstić information content (AvgIpc) is 2.94. The fourth-order valence-corrected chi connectivity index (χ4v) is 5.32. The summed E-state index contributed by atoms with van der Waals surface area (Å²) in [5.74, 6) is 0.260. The summed E-state index contributed by atoms with van der Waals surface area (Å²) in [4.78, 5) is 17.7. The zero-order chi connectivity index (χ0) is 13.5. The van der Waals surface area contributed by atoms with Gasteiger partial charge in [-0.1, -0.05) is 0 Å². The van der Waals surface area contributed by atoms with Crippen molar-refractivity contribution in [2.45, 2.75) is 31.7 Å². The van der Waals surface area contributed by atoms with Gasteiger partial charge in [-0.25, -0.2) is 13.4 Å². The molecule has 2 unspecified atom stereocenters. The minimum Gasteiger partial charge on any atom is -0.352 e. The molecule has 1 aromatic rings. The molecule has 19 heavy (non-hydrogen) atoms. The molecule has 2 heterocycles. The van der Waals surface area contributed by atoms with Gasteiger partial charge in [-0.3, -0.25) is 4.79 Å². The fraction of sp³-hybridized carbons (Fsp3) is 0.667. The molecule has 2 atom stereocenters. The van der Waals surface area contributed by atoms with Gasteiger partial charge in [-0.15, -0.1) is 11.3 Å². The summed E-state index contributed by atoms with van der Waals surface area (Å²) in [6.45, 7) is 0. The van der Waals surface area contributed by atoms with Gasteiger partial charge in [-0.2, -0.15) is 0 Å². The van der Waals surface area contributed by atoms with E-state index in [2.05, 4.69) is 10.3 Å². The molecule has 1 aliphatic carbocycles. The molecule has 3 rings (SSSR count). The molecule has 0 bridgehead atoms. The van der Waals surface area contributed by atoms with Crippen LogP contribution in [0.3, 0.4) is 0 Å². The number of hydrogen-bond donors (Lipinski definition) is 1. The molecule has 0 aromatic carbocycles. The normalized spacial score (nSPS) is 28.8. The number of nitrogens with zero attached hydrogens (tertiary/aromatic N) is 1. The molecule has 1 fully saturated rings. The summed E-state index contributed by atoms with van der Waals surface area (Å²) in [6, 6.07) is -0.194. The van der Waals surface area contributed by atoms with Gasteiger partial charge in [0.2, 0.25) is 5.91 Å². The van der Waals surface area contributed by atoms with Gasteiger partial charge in [0.05, 0.1) is 22.7 Å². The van der Waals surface area contributed by atoms with Crippen LogP contribution in [0.4, 0.5) is 0 Å². The van der Waals surface area contributed by atoms with E-state index in [-0.39, 0.29) is 29.4 Å². The molecule has 1 amide bonds. The Morgan fingerprint density at radius 3 is 3.00 bits per heavy atom. The number of sulfone groups is 1. The van der Waals surface area contributed by atoms with E-state index in [1.807, 2.05) is 5.51 Å². The minimum atomic E-state index is -2.93. The van der Waals surface area contributed by atoms with E-state index in [9.17, 15) is 13.2 Å². The minimum absolute atomic E-state index is 0.00106. The van der Waals surface area contributed by atoms with Crippen LogP contribution in [-0.2, 0) is 27.5 Å². The summed E-state index contributed by atoms with van der Waals surface area (Å²) in [7, 11) is -2.93. The van der Waals surface area contributed by atoms with Crippen LogP contribution in [0.15, 0.2) is 5.51 Å². The van der Waals surface area contributed by atoms with Crippen LogP contribution in [-0.4, -0.2) is 36.9 Å². The number of aromatic nitrogens is 1. The number of hydrogen-bond acceptors (Lipinski definition) is 5. The topological polar surface area (TPSA) is 76.1 Å². The fourth-order valence-electron chi connectivity index (χ4n) is 2.75. The van der Waals surface area contributed by atoms with Crippen LogP contribution in [0.2, 0.25) is 0 Å². The number of fused-ring (bicyclic) bond motifs is 1. The molecule has 1 aromatic heterocycles. The highest BCUT2D eigenvalue weighted by atomic mass is 32.2. The van der Waals surface area contributed by atoms with Gasteiger partial charge in [-0.05, 0) is 25.7 Å². The van der Waals surface area contributed by atoms with E-state index < -0.39 is 9.84 Å². The predicted octanol–water partition coefficient (Wildman–Crippen LogP) is 0.551. The van der Waals surface area contributed by atoms with Crippen LogP contribution in [0.25, 0.3) is 0 Å². The number of amides is 1. The zero-order valence-corrected chi connectivity index (χ0v) is 12.1. The molecule has 2 aliphatic rings. The number of nitrogens with one attached hydrogen (secondary N) is 1. The molecule has 104 valence electrons. The number of rotatable bonds is 2. The molecule has 0 saturated carbocycles. The summed E-state index contributed by atoms with van der Waals surface area (Å²) in [6.07, 6.45) is 2.94. The Kier molecular flexibility index (Phi) is 3.34. The maximum Gasteiger partial charge on any atom is 0.223 e. The van der Waals surface area contributed by atoms with Gasteiger partial charge >= 0.3 is 0 Å². The number of carbonyl (C=O) groups is 1. The molecule has 7 heteroatoms. The van der Waals surface area contributed by atoms with Gasteiger partial charge in [0, 0.05) is 16.8 Å². The first-order valence-corrected chi connectivity index (χ1v) is 9.15. The predicted molar refractivity (Wildman–Crippen MR) is 72.8 cm³/mol. The van der Waals surface area contributed by atoms with E-state index in [1.54, 1.807) is 11.3 Å². The van der Waals surface area contributed by atoms with Crippen molar-refractivity contribution in [3.05, 3.63) is 16.1 Å². The molecule has 1 N–H and O–H groups in total. The smallest absolute Gasteiger partial charge is 0.223 e. The maximum absolute atomic E-state index is 12.2. The Morgan fingerprint density at radius 2 is 2.26 bits per heavy atom. The first kappa shape index (κ1) is 13.1. The lowest BCUT2D eigenvalue weighted by Crippen LogP contribution is -2.41. The summed E-state index contributed by atoms with van der Waals surface area (Å²) < 4.78 is 22.7. The number of aryl methyl sites for hydroxylation is 1. The Morgan fingerprint density at radius 1 is 1.42 bits per heavy atom. The summed E-state index contributed by atoms with van der Waals surface area (Å²) in [5, 5.41) is 2.89. The quantitative estimate of drug-likeness (QED) is 0.865. The van der Waals surface area contributed by atoms with Gasteiger partial charge < -0.3 is 5.32 Å². The molecular weight excluding hydrogens is 284 g/mol. The van der Waals surface area contributed by atoms with Crippen molar-refractivity contribution in [2.24, 2.45) is 5.92 Å². The first-order chi connectivity index (χ1) is 9.03. The van der Waals surface area contributed by atoms with E-state index in [1.165, 1.54) is 4.88 Å². The Balaban J connectivity index is 1.60. The molecule has 1 aliphatic heterocycles. The van der Waals surface area contributed by atoms with Crippen molar-refractivity contribution in [2.75, 3.05) is 11.5 Å². The highest BCUT2D eigenvalue weighted by Crippen LogP contribution is 2.28. The Hall–Kier alpha value is -0.950. The third-order valence-electron chi connectivity index (χ3n) is 3.84. The largest absolute Gasteiger partial charge is 0.352 e. The highest BCUT2D eigenvalue weighted by Gasteiger charge is 2.32. The van der Waals surface area contributed by atoms with E-state index in [0.717, 1.165) is 25.0 Å². The molecule has 0 radical (unpaired) electrons. The maximum atomic E-state index is 12.2. The first-order valence-electron chi connectivity index (χ1n) is 6.45. The van der Waals surface area contributed by atoms with Gasteiger partial charge in [0.15, 0.2) is 9.84 Å². The third-order valence-corrected chi connectivity index (χ3v) is 6.50. The van der Waals surface area contributed by atoms with E-state index in [4.69, 9.17) is 0 Å². The van der Waals surface area contributed by atoms with Crippen molar-refractivity contribution in [3.63, 3.8) is 0 Å². The highest BCUT2D eigenvalue weighted by molar-refractivity contribution is 7.91. The molecular formula is C12H16N2O3S2. The standard InChI is InChI=1S/C12H16N2O3S2/c15-12(14-9-3-4-19(16,17)6-9)8-1-2-10-11(5-8)18-7-13-10/h7-9H,1-6H2,(H,14,15). The second-order valence-corrected chi connectivity index (χ2v) is 8.44. The lowest BCUT2D eigenvalue weighted by atomic mass is 9.90. The average molecular weight is 300 g/mol. The SMILES string of the molecule is O=C(NC1CCS(=O)(=O)C1)C1CCc2ncsc2C1. The zero-order valence-electron chi connectivity index (χ0n) is 10.5. The van der Waals surface area contributed by atoms with Crippen LogP contribution in [0.1, 0.15) is 23.4 Å². The van der Waals surface area contributed by atoms with Crippen molar-refractivity contribution in [1.82, 2.24) is 10.3 Å². The summed E-state index contributed by atoms with van der Waals surface area (Å²) in [5.41, 5.74) is 2.95. The Bertz CT molecular complexity index is 594. The van der Waals surface area contributed by atoms with E-state index >= 15 is 0 Å². The Labute approximate surface area is 116 Å². The third kappa shape index (κ3) is 2.81. The summed E-state index contributed by atoms with van der Waals surface area (Å²) >= 11 is 1.60. The van der Waals surface area contributed by atoms with E-state index in [0.29, 0.717) is 6.42 Å². The van der Waals surface area contributed by atoms with Crippen LogP contribution >= 0.6 is 11.3 Å². The van der Waals surface area contributed by atoms with Crippen LogP contribution in [0, 0.1) is 5.92 Å². The number of carbonyl (C=O) groups excluding carboxylic acids is 1. The molecule has 1 saturated heterocycles. The second-order valence-electron chi connectivity index (χ2n) is 5.27. The van der Waals surface area contributed by atoms with Gasteiger partial charge in [0.25, 0.3) is 0 Å². The van der Waals surface area contributed by atoms with Crippen molar-refractivity contribution in [1.29, 1.82) is 0 Å². The van der Waals surface area contributed by atoms with Crippen molar-refractivity contribution >= 4 is 27.1 Å². The lowest BCUT2D eigenvalue weighted by molar-refractivity contribution is -0.125. The second kappa shape index (κ2) is 4.86.